The molecule has 0 unspecified atom stereocenters. The number of hydrogen-bond donors (Lipinski definition) is 0. The second-order valence-electron chi connectivity index (χ2n) is 13.0. The third kappa shape index (κ3) is 8.75. The summed E-state index contributed by atoms with van der Waals surface area (Å²) in [5, 5.41) is 0. The van der Waals surface area contributed by atoms with Gasteiger partial charge >= 0.3 is 0 Å². The lowest BCUT2D eigenvalue weighted by atomic mass is 9.96. The third-order valence-electron chi connectivity index (χ3n) is 8.67. The Labute approximate surface area is 286 Å². The highest BCUT2D eigenvalue weighted by atomic mass is 19.1. The molecule has 0 atom stereocenters. The fraction of sp³-hybridized carbons (Fsp3) is 0.217. The SMILES string of the molecule is CCCc1ccc(-c2ccc(-c3cc(C)cc(C)c3)cc2)cc1F.CCCc1ccc(-c2ccc(-c3cc(C)cc(C)c3)cc2F)cc1. The van der Waals surface area contributed by atoms with E-state index in [0.29, 0.717) is 5.56 Å². The Morgan fingerprint density at radius 3 is 1.29 bits per heavy atom. The van der Waals surface area contributed by atoms with Gasteiger partial charge in [-0.25, -0.2) is 8.78 Å². The van der Waals surface area contributed by atoms with Crippen LogP contribution in [-0.4, -0.2) is 0 Å². The van der Waals surface area contributed by atoms with Crippen LogP contribution >= 0.6 is 0 Å². The Bertz CT molecular complexity index is 1940. The second kappa shape index (κ2) is 15.8. The molecule has 0 aliphatic heterocycles. The third-order valence-corrected chi connectivity index (χ3v) is 8.67. The minimum absolute atomic E-state index is 0.104. The van der Waals surface area contributed by atoms with E-state index in [4.69, 9.17) is 0 Å². The standard InChI is InChI=1S/2C23H23F/c1-4-5-20-10-11-21(15-23(20)24)18-6-8-19(9-7-18)22-13-16(2)12-17(3)14-22;1-4-5-18-6-8-19(9-7-18)22-11-10-20(15-23(22)24)21-13-16(2)12-17(3)14-21/h2*6-15H,4-5H2,1-3H3. The molecule has 0 aliphatic rings. The van der Waals surface area contributed by atoms with Crippen molar-refractivity contribution in [2.24, 2.45) is 0 Å². The quantitative estimate of drug-likeness (QED) is 0.156. The molecule has 6 rings (SSSR count). The lowest BCUT2D eigenvalue weighted by Crippen LogP contribution is -1.90. The number of rotatable bonds is 8. The summed E-state index contributed by atoms with van der Waals surface area (Å²) in [6.07, 6.45) is 3.94. The molecule has 0 radical (unpaired) electrons. The van der Waals surface area contributed by atoms with Crippen molar-refractivity contribution in [2.75, 3.05) is 0 Å². The number of benzene rings is 6. The number of halogens is 2. The minimum Gasteiger partial charge on any atom is -0.207 e. The lowest BCUT2D eigenvalue weighted by molar-refractivity contribution is 0.608. The van der Waals surface area contributed by atoms with Crippen LogP contribution in [0.25, 0.3) is 44.5 Å². The lowest BCUT2D eigenvalue weighted by Gasteiger charge is -2.09. The fourth-order valence-corrected chi connectivity index (χ4v) is 6.41. The average molecular weight is 637 g/mol. The highest BCUT2D eigenvalue weighted by Gasteiger charge is 2.09. The maximum absolute atomic E-state index is 14.7. The Hall–Kier alpha value is -4.82. The van der Waals surface area contributed by atoms with Gasteiger partial charge in [-0.15, -0.1) is 0 Å². The number of aryl methyl sites for hydroxylation is 6. The van der Waals surface area contributed by atoms with Gasteiger partial charge in [0.1, 0.15) is 11.6 Å². The van der Waals surface area contributed by atoms with Crippen molar-refractivity contribution in [1.82, 2.24) is 0 Å². The van der Waals surface area contributed by atoms with Gasteiger partial charge in [0.25, 0.3) is 0 Å². The van der Waals surface area contributed by atoms with Gasteiger partial charge in [-0.2, -0.15) is 0 Å². The first-order chi connectivity index (χ1) is 23.1. The molecule has 0 saturated carbocycles. The van der Waals surface area contributed by atoms with E-state index in [1.165, 1.54) is 38.9 Å². The molecule has 6 aromatic carbocycles. The molecular formula is C46H46F2. The summed E-state index contributed by atoms with van der Waals surface area (Å²) in [4.78, 5) is 0. The predicted molar refractivity (Wildman–Crippen MR) is 201 cm³/mol. The normalized spacial score (nSPS) is 10.8. The van der Waals surface area contributed by atoms with Gasteiger partial charge in [0.15, 0.2) is 0 Å². The monoisotopic (exact) mass is 636 g/mol. The van der Waals surface area contributed by atoms with E-state index < -0.39 is 0 Å². The first-order valence-corrected chi connectivity index (χ1v) is 17.1. The molecule has 48 heavy (non-hydrogen) atoms. The summed E-state index contributed by atoms with van der Waals surface area (Å²) >= 11 is 0. The van der Waals surface area contributed by atoms with Crippen LogP contribution in [0.3, 0.4) is 0 Å². The summed E-state index contributed by atoms with van der Waals surface area (Å²) in [7, 11) is 0. The van der Waals surface area contributed by atoms with Crippen LogP contribution in [0.1, 0.15) is 60.1 Å². The minimum atomic E-state index is -0.171. The van der Waals surface area contributed by atoms with E-state index in [2.05, 4.69) is 114 Å². The van der Waals surface area contributed by atoms with E-state index in [0.717, 1.165) is 59.1 Å². The maximum Gasteiger partial charge on any atom is 0.131 e. The molecule has 0 N–H and O–H groups in total. The summed E-state index contributed by atoms with van der Waals surface area (Å²) in [6.45, 7) is 12.6. The molecular weight excluding hydrogens is 591 g/mol. The van der Waals surface area contributed by atoms with Gasteiger partial charge in [-0.3, -0.25) is 0 Å². The van der Waals surface area contributed by atoms with Gasteiger partial charge < -0.3 is 0 Å². The summed E-state index contributed by atoms with van der Waals surface area (Å²) in [5.74, 6) is -0.275. The Morgan fingerprint density at radius 2 is 0.792 bits per heavy atom. The van der Waals surface area contributed by atoms with Crippen LogP contribution in [0.5, 0.6) is 0 Å². The van der Waals surface area contributed by atoms with Crippen LogP contribution in [0.2, 0.25) is 0 Å². The summed E-state index contributed by atoms with van der Waals surface area (Å²) < 4.78 is 28.8. The molecule has 2 heteroatoms. The van der Waals surface area contributed by atoms with E-state index in [9.17, 15) is 8.78 Å². The van der Waals surface area contributed by atoms with Crippen molar-refractivity contribution in [1.29, 1.82) is 0 Å². The first-order valence-electron chi connectivity index (χ1n) is 17.1. The summed E-state index contributed by atoms with van der Waals surface area (Å²) in [6, 6.07) is 40.6. The molecule has 244 valence electrons. The topological polar surface area (TPSA) is 0 Å². The van der Waals surface area contributed by atoms with Crippen LogP contribution < -0.4 is 0 Å². The smallest absolute Gasteiger partial charge is 0.131 e. The molecule has 0 aromatic heterocycles. The molecule has 0 saturated heterocycles. The first kappa shape index (κ1) is 34.5. The van der Waals surface area contributed by atoms with Crippen molar-refractivity contribution in [2.45, 2.75) is 67.2 Å². The summed E-state index contributed by atoms with van der Waals surface area (Å²) in [5.41, 5.74) is 15.0. The average Bonchev–Trinajstić information content (AvgIpc) is 3.06. The Morgan fingerprint density at radius 1 is 0.375 bits per heavy atom. The van der Waals surface area contributed by atoms with Crippen molar-refractivity contribution in [3.05, 3.63) is 166 Å². The molecule has 0 nitrogen and oxygen atoms in total. The zero-order chi connectivity index (χ0) is 34.2. The van der Waals surface area contributed by atoms with Crippen molar-refractivity contribution in [3.63, 3.8) is 0 Å². The van der Waals surface area contributed by atoms with Crippen LogP contribution in [0.15, 0.2) is 121 Å². The van der Waals surface area contributed by atoms with E-state index in [1.54, 1.807) is 12.1 Å². The van der Waals surface area contributed by atoms with Crippen LogP contribution in [0.4, 0.5) is 8.78 Å². The largest absolute Gasteiger partial charge is 0.207 e. The maximum atomic E-state index is 14.7. The highest BCUT2D eigenvalue weighted by molar-refractivity contribution is 5.73. The van der Waals surface area contributed by atoms with E-state index in [-0.39, 0.29) is 11.6 Å². The molecule has 0 amide bonds. The highest BCUT2D eigenvalue weighted by Crippen LogP contribution is 2.30. The zero-order valence-corrected chi connectivity index (χ0v) is 29.1. The van der Waals surface area contributed by atoms with E-state index in [1.807, 2.05) is 36.4 Å². The fourth-order valence-electron chi connectivity index (χ4n) is 6.41. The van der Waals surface area contributed by atoms with Crippen molar-refractivity contribution in [3.8, 4) is 44.5 Å². The van der Waals surface area contributed by atoms with Crippen molar-refractivity contribution >= 4 is 0 Å². The van der Waals surface area contributed by atoms with E-state index >= 15 is 0 Å². The van der Waals surface area contributed by atoms with Gasteiger partial charge in [0, 0.05) is 5.56 Å². The molecule has 0 spiro atoms. The molecule has 0 heterocycles. The Balaban J connectivity index is 0.000000188. The molecule has 6 aromatic rings. The zero-order valence-electron chi connectivity index (χ0n) is 29.1. The van der Waals surface area contributed by atoms with Crippen molar-refractivity contribution < 1.29 is 8.78 Å². The van der Waals surface area contributed by atoms with Crippen LogP contribution in [0, 0.1) is 39.3 Å². The molecule has 0 fully saturated rings. The molecule has 0 bridgehead atoms. The van der Waals surface area contributed by atoms with Crippen LogP contribution in [-0.2, 0) is 12.8 Å². The number of hydrogen-bond acceptors (Lipinski definition) is 0. The van der Waals surface area contributed by atoms with Gasteiger partial charge in [0.05, 0.1) is 0 Å². The Kier molecular flexibility index (Phi) is 11.4. The van der Waals surface area contributed by atoms with Gasteiger partial charge in [-0.1, -0.05) is 158 Å². The second-order valence-corrected chi connectivity index (χ2v) is 13.0. The molecule has 0 aliphatic carbocycles. The predicted octanol–water partition coefficient (Wildman–Crippen LogP) is 13.5. The van der Waals surface area contributed by atoms with Gasteiger partial charge in [0.2, 0.25) is 0 Å². The van der Waals surface area contributed by atoms with Gasteiger partial charge in [-0.05, 0) is 103 Å².